The molecule has 3 nitrogen and oxygen atoms in total. The molecule has 1 heterocycles. The van der Waals surface area contributed by atoms with E-state index in [-0.39, 0.29) is 17.5 Å². The second-order valence-electron chi connectivity index (χ2n) is 6.32. The largest absolute Gasteiger partial charge is 0.323 e. The van der Waals surface area contributed by atoms with E-state index in [1.54, 1.807) is 12.1 Å². The number of nitrogens with one attached hydrogen (secondary N) is 1. The van der Waals surface area contributed by atoms with Crippen molar-refractivity contribution < 1.29 is 9.18 Å². The third kappa shape index (κ3) is 5.03. The minimum Gasteiger partial charge on any atom is -0.323 e. The fourth-order valence-corrected chi connectivity index (χ4v) is 3.68. The maximum atomic E-state index is 13.9. The lowest BCUT2D eigenvalue weighted by molar-refractivity contribution is -0.121. The standard InChI is InChI=1S/C19H19BrClFN2O/c20-15-6-7-18(17(22)10-15)23-19(25)14-4-2-8-24(12-14)11-13-3-1-5-16(21)9-13/h1,3,5-7,9-10,14H,2,4,8,11-12H2,(H,23,25). The van der Waals surface area contributed by atoms with Crippen LogP contribution in [-0.4, -0.2) is 23.9 Å². The van der Waals surface area contributed by atoms with E-state index in [1.165, 1.54) is 6.07 Å². The quantitative estimate of drug-likeness (QED) is 0.740. The van der Waals surface area contributed by atoms with Crippen LogP contribution >= 0.6 is 27.5 Å². The molecule has 0 bridgehead atoms. The van der Waals surface area contributed by atoms with Crippen LogP contribution in [0.15, 0.2) is 46.9 Å². The summed E-state index contributed by atoms with van der Waals surface area (Å²) in [5.41, 5.74) is 1.35. The van der Waals surface area contributed by atoms with Crippen molar-refractivity contribution in [1.29, 1.82) is 0 Å². The summed E-state index contributed by atoms with van der Waals surface area (Å²) in [5.74, 6) is -0.706. The van der Waals surface area contributed by atoms with Crippen LogP contribution in [0.1, 0.15) is 18.4 Å². The lowest BCUT2D eigenvalue weighted by Crippen LogP contribution is -2.40. The average molecular weight is 426 g/mol. The SMILES string of the molecule is O=C(Nc1ccc(Br)cc1F)C1CCCN(Cc2cccc(Cl)c2)C1. The number of hydrogen-bond acceptors (Lipinski definition) is 2. The van der Waals surface area contributed by atoms with Crippen molar-refractivity contribution in [2.75, 3.05) is 18.4 Å². The molecule has 25 heavy (non-hydrogen) atoms. The number of likely N-dealkylation sites (tertiary alicyclic amines) is 1. The molecule has 1 fully saturated rings. The lowest BCUT2D eigenvalue weighted by atomic mass is 9.96. The maximum absolute atomic E-state index is 13.9. The zero-order chi connectivity index (χ0) is 17.8. The topological polar surface area (TPSA) is 32.3 Å². The highest BCUT2D eigenvalue weighted by Crippen LogP contribution is 2.23. The Labute approximate surface area is 160 Å². The molecule has 0 aliphatic carbocycles. The zero-order valence-corrected chi connectivity index (χ0v) is 16.0. The Balaban J connectivity index is 1.61. The summed E-state index contributed by atoms with van der Waals surface area (Å²) in [4.78, 5) is 14.8. The van der Waals surface area contributed by atoms with Gasteiger partial charge in [-0.25, -0.2) is 4.39 Å². The first-order chi connectivity index (χ1) is 12.0. The Morgan fingerprint density at radius 1 is 1.32 bits per heavy atom. The minimum atomic E-state index is -0.436. The predicted molar refractivity (Wildman–Crippen MR) is 102 cm³/mol. The third-order valence-corrected chi connectivity index (χ3v) is 5.09. The van der Waals surface area contributed by atoms with Crippen LogP contribution in [0.25, 0.3) is 0 Å². The molecule has 2 aromatic rings. The average Bonchev–Trinajstić information content (AvgIpc) is 2.57. The summed E-state index contributed by atoms with van der Waals surface area (Å²) in [6, 6.07) is 12.4. The first-order valence-corrected chi connectivity index (χ1v) is 9.41. The Hall–Kier alpha value is -1.43. The summed E-state index contributed by atoms with van der Waals surface area (Å²) in [6.07, 6.45) is 1.76. The van der Waals surface area contributed by atoms with Gasteiger partial charge in [-0.15, -0.1) is 0 Å². The normalized spacial score (nSPS) is 18.1. The zero-order valence-electron chi connectivity index (χ0n) is 13.6. The van der Waals surface area contributed by atoms with Crippen LogP contribution in [0.3, 0.4) is 0 Å². The molecule has 1 aliphatic heterocycles. The van der Waals surface area contributed by atoms with E-state index in [9.17, 15) is 9.18 Å². The van der Waals surface area contributed by atoms with Crippen LogP contribution in [0, 0.1) is 11.7 Å². The van der Waals surface area contributed by atoms with E-state index in [1.807, 2.05) is 24.3 Å². The van der Waals surface area contributed by atoms with E-state index < -0.39 is 5.82 Å². The van der Waals surface area contributed by atoms with Gasteiger partial charge < -0.3 is 5.32 Å². The number of anilines is 1. The van der Waals surface area contributed by atoms with Gasteiger partial charge in [0.1, 0.15) is 5.82 Å². The van der Waals surface area contributed by atoms with E-state index in [4.69, 9.17) is 11.6 Å². The second-order valence-corrected chi connectivity index (χ2v) is 7.67. The van der Waals surface area contributed by atoms with Gasteiger partial charge in [-0.3, -0.25) is 9.69 Å². The molecular weight excluding hydrogens is 407 g/mol. The number of piperidine rings is 1. The smallest absolute Gasteiger partial charge is 0.228 e. The summed E-state index contributed by atoms with van der Waals surface area (Å²) in [7, 11) is 0. The molecule has 0 spiro atoms. The molecular formula is C19H19BrClFN2O. The van der Waals surface area contributed by atoms with Crippen LogP contribution in [0.4, 0.5) is 10.1 Å². The van der Waals surface area contributed by atoms with Crippen LogP contribution in [0.5, 0.6) is 0 Å². The fraction of sp³-hybridized carbons (Fsp3) is 0.316. The summed E-state index contributed by atoms with van der Waals surface area (Å²) < 4.78 is 14.6. The summed E-state index contributed by atoms with van der Waals surface area (Å²) in [5, 5.41) is 3.44. The van der Waals surface area contributed by atoms with Crippen LogP contribution in [0.2, 0.25) is 5.02 Å². The predicted octanol–water partition coefficient (Wildman–Crippen LogP) is 5.09. The van der Waals surface area contributed by atoms with Gasteiger partial charge in [0.05, 0.1) is 11.6 Å². The van der Waals surface area contributed by atoms with Crippen molar-refractivity contribution in [1.82, 2.24) is 4.90 Å². The first kappa shape index (κ1) is 18.4. The molecule has 1 unspecified atom stereocenters. The van der Waals surface area contributed by atoms with E-state index in [0.717, 1.165) is 36.5 Å². The van der Waals surface area contributed by atoms with Crippen LogP contribution < -0.4 is 5.32 Å². The molecule has 0 aromatic heterocycles. The number of amides is 1. The van der Waals surface area contributed by atoms with Crippen molar-refractivity contribution in [3.05, 3.63) is 63.3 Å². The third-order valence-electron chi connectivity index (χ3n) is 4.36. The molecule has 0 saturated carbocycles. The van der Waals surface area contributed by atoms with Crippen molar-refractivity contribution >= 4 is 39.1 Å². The number of carbonyl (C=O) groups excluding carboxylic acids is 1. The Morgan fingerprint density at radius 3 is 2.92 bits per heavy atom. The van der Waals surface area contributed by atoms with Gasteiger partial charge in [0.15, 0.2) is 0 Å². The van der Waals surface area contributed by atoms with Gasteiger partial charge in [-0.2, -0.15) is 0 Å². The molecule has 1 aliphatic rings. The molecule has 132 valence electrons. The molecule has 1 saturated heterocycles. The second kappa shape index (κ2) is 8.30. The van der Waals surface area contributed by atoms with Gasteiger partial charge in [0.25, 0.3) is 0 Å². The van der Waals surface area contributed by atoms with E-state index in [0.29, 0.717) is 11.0 Å². The van der Waals surface area contributed by atoms with Crippen molar-refractivity contribution in [2.24, 2.45) is 5.92 Å². The summed E-state index contributed by atoms with van der Waals surface area (Å²) >= 11 is 9.25. The van der Waals surface area contributed by atoms with Crippen LogP contribution in [-0.2, 0) is 11.3 Å². The molecule has 1 N–H and O–H groups in total. The van der Waals surface area contributed by atoms with Gasteiger partial charge in [-0.1, -0.05) is 39.7 Å². The molecule has 3 rings (SSSR count). The Morgan fingerprint density at radius 2 is 2.16 bits per heavy atom. The molecule has 6 heteroatoms. The van der Waals surface area contributed by atoms with E-state index >= 15 is 0 Å². The fourth-order valence-electron chi connectivity index (χ4n) is 3.13. The lowest BCUT2D eigenvalue weighted by Gasteiger charge is -2.32. The van der Waals surface area contributed by atoms with Crippen molar-refractivity contribution in [3.8, 4) is 0 Å². The van der Waals surface area contributed by atoms with Crippen molar-refractivity contribution in [2.45, 2.75) is 19.4 Å². The monoisotopic (exact) mass is 424 g/mol. The number of hydrogen-bond donors (Lipinski definition) is 1. The Bertz CT molecular complexity index is 771. The van der Waals surface area contributed by atoms with Gasteiger partial charge in [0, 0.05) is 22.6 Å². The first-order valence-electron chi connectivity index (χ1n) is 8.24. The van der Waals surface area contributed by atoms with E-state index in [2.05, 4.69) is 26.1 Å². The number of carbonyl (C=O) groups is 1. The van der Waals surface area contributed by atoms with Gasteiger partial charge >= 0.3 is 0 Å². The maximum Gasteiger partial charge on any atom is 0.228 e. The number of nitrogens with zero attached hydrogens (tertiary/aromatic N) is 1. The van der Waals surface area contributed by atoms with Gasteiger partial charge in [0.2, 0.25) is 5.91 Å². The molecule has 2 aromatic carbocycles. The summed E-state index contributed by atoms with van der Waals surface area (Å²) in [6.45, 7) is 2.37. The number of halogens is 3. The number of rotatable bonds is 4. The molecule has 0 radical (unpaired) electrons. The highest BCUT2D eigenvalue weighted by atomic mass is 79.9. The number of benzene rings is 2. The highest BCUT2D eigenvalue weighted by molar-refractivity contribution is 9.10. The minimum absolute atomic E-state index is 0.128. The van der Waals surface area contributed by atoms with Crippen molar-refractivity contribution in [3.63, 3.8) is 0 Å². The van der Waals surface area contributed by atoms with Gasteiger partial charge in [-0.05, 0) is 55.3 Å². The highest BCUT2D eigenvalue weighted by Gasteiger charge is 2.26. The molecule has 1 atom stereocenters. The molecule has 1 amide bonds. The Kier molecular flexibility index (Phi) is 6.10.